The standard InChI is InChI=1S/C13H17ClN2O/c1-2-15-5-7-16(8-6-15)13-4-3-11(10-17)9-12(13)14/h3-4,9-10H,2,5-8H2,1H3. The summed E-state index contributed by atoms with van der Waals surface area (Å²) in [5, 5.41) is 0.666. The molecule has 1 fully saturated rings. The second-order valence-corrected chi connectivity index (χ2v) is 4.66. The van der Waals surface area contributed by atoms with E-state index in [9.17, 15) is 4.79 Å². The van der Waals surface area contributed by atoms with Crippen molar-refractivity contribution in [1.29, 1.82) is 0 Å². The molecule has 1 saturated heterocycles. The first-order valence-electron chi connectivity index (χ1n) is 5.96. The molecule has 0 spiro atoms. The third kappa shape index (κ3) is 2.79. The highest BCUT2D eigenvalue weighted by Gasteiger charge is 2.17. The Labute approximate surface area is 107 Å². The highest BCUT2D eigenvalue weighted by Crippen LogP contribution is 2.27. The monoisotopic (exact) mass is 252 g/mol. The summed E-state index contributed by atoms with van der Waals surface area (Å²) < 4.78 is 0. The van der Waals surface area contributed by atoms with Crippen LogP contribution in [0.15, 0.2) is 18.2 Å². The largest absolute Gasteiger partial charge is 0.368 e. The Morgan fingerprint density at radius 3 is 2.53 bits per heavy atom. The molecule has 92 valence electrons. The number of hydrogen-bond donors (Lipinski definition) is 0. The summed E-state index contributed by atoms with van der Waals surface area (Å²) in [7, 11) is 0. The zero-order valence-corrected chi connectivity index (χ0v) is 10.8. The Morgan fingerprint density at radius 2 is 2.00 bits per heavy atom. The number of carbonyl (C=O) groups is 1. The molecule has 0 amide bonds. The van der Waals surface area contributed by atoms with Crippen LogP contribution in [0.3, 0.4) is 0 Å². The number of carbonyl (C=O) groups excluding carboxylic acids is 1. The number of anilines is 1. The predicted octanol–water partition coefficient (Wildman–Crippen LogP) is 2.29. The molecule has 1 aliphatic rings. The van der Waals surface area contributed by atoms with Gasteiger partial charge >= 0.3 is 0 Å². The maximum absolute atomic E-state index is 10.6. The zero-order chi connectivity index (χ0) is 12.3. The van der Waals surface area contributed by atoms with Crippen LogP contribution in [0.1, 0.15) is 17.3 Å². The van der Waals surface area contributed by atoms with Crippen molar-refractivity contribution in [1.82, 2.24) is 4.90 Å². The van der Waals surface area contributed by atoms with Crippen LogP contribution in [0.5, 0.6) is 0 Å². The molecule has 2 rings (SSSR count). The summed E-state index contributed by atoms with van der Waals surface area (Å²) in [6.07, 6.45) is 0.824. The van der Waals surface area contributed by atoms with Crippen molar-refractivity contribution in [2.45, 2.75) is 6.92 Å². The SMILES string of the molecule is CCN1CCN(c2ccc(C=O)cc2Cl)CC1. The Bertz CT molecular complexity index is 400. The molecule has 0 unspecified atom stereocenters. The molecule has 0 aromatic heterocycles. The van der Waals surface area contributed by atoms with Crippen LogP contribution in [0, 0.1) is 0 Å². The van der Waals surface area contributed by atoms with Crippen molar-refractivity contribution in [3.05, 3.63) is 28.8 Å². The quantitative estimate of drug-likeness (QED) is 0.772. The lowest BCUT2D eigenvalue weighted by Crippen LogP contribution is -2.46. The molecular weight excluding hydrogens is 236 g/mol. The number of nitrogens with zero attached hydrogens (tertiary/aromatic N) is 2. The highest BCUT2D eigenvalue weighted by molar-refractivity contribution is 6.33. The predicted molar refractivity (Wildman–Crippen MR) is 71.2 cm³/mol. The van der Waals surface area contributed by atoms with Crippen molar-refractivity contribution >= 4 is 23.6 Å². The van der Waals surface area contributed by atoms with Crippen LogP contribution >= 0.6 is 11.6 Å². The van der Waals surface area contributed by atoms with Gasteiger partial charge in [0.25, 0.3) is 0 Å². The Kier molecular flexibility index (Phi) is 4.02. The van der Waals surface area contributed by atoms with Crippen molar-refractivity contribution in [2.75, 3.05) is 37.6 Å². The van der Waals surface area contributed by atoms with Crippen LogP contribution < -0.4 is 4.90 Å². The average Bonchev–Trinajstić information content (AvgIpc) is 2.39. The van der Waals surface area contributed by atoms with E-state index in [1.54, 1.807) is 6.07 Å². The number of piperazine rings is 1. The summed E-state index contributed by atoms with van der Waals surface area (Å²) in [6.45, 7) is 7.42. The minimum atomic E-state index is 0.631. The molecule has 1 aromatic rings. The van der Waals surface area contributed by atoms with Gasteiger partial charge in [0, 0.05) is 31.7 Å². The maximum atomic E-state index is 10.6. The fourth-order valence-electron chi connectivity index (χ4n) is 2.16. The molecule has 0 radical (unpaired) electrons. The molecule has 17 heavy (non-hydrogen) atoms. The summed E-state index contributed by atoms with van der Waals surface area (Å²) >= 11 is 6.20. The lowest BCUT2D eigenvalue weighted by molar-refractivity contribution is 0.112. The van der Waals surface area contributed by atoms with Gasteiger partial charge in [0.15, 0.2) is 0 Å². The smallest absolute Gasteiger partial charge is 0.150 e. The van der Waals surface area contributed by atoms with E-state index in [0.717, 1.165) is 44.7 Å². The lowest BCUT2D eigenvalue weighted by Gasteiger charge is -2.35. The third-order valence-electron chi connectivity index (χ3n) is 3.27. The van der Waals surface area contributed by atoms with Gasteiger partial charge in [-0.15, -0.1) is 0 Å². The van der Waals surface area contributed by atoms with Crippen LogP contribution in [-0.4, -0.2) is 43.9 Å². The normalized spacial score (nSPS) is 17.2. The average molecular weight is 253 g/mol. The summed E-state index contributed by atoms with van der Waals surface area (Å²) in [5.41, 5.74) is 1.67. The highest BCUT2D eigenvalue weighted by atomic mass is 35.5. The first-order chi connectivity index (χ1) is 8.24. The van der Waals surface area contributed by atoms with Gasteiger partial charge < -0.3 is 9.80 Å². The minimum Gasteiger partial charge on any atom is -0.368 e. The van der Waals surface area contributed by atoms with Gasteiger partial charge in [-0.3, -0.25) is 4.79 Å². The number of aldehydes is 1. The van der Waals surface area contributed by atoms with Crippen LogP contribution in [0.25, 0.3) is 0 Å². The van der Waals surface area contributed by atoms with E-state index in [2.05, 4.69) is 16.7 Å². The molecule has 3 nitrogen and oxygen atoms in total. The molecule has 0 bridgehead atoms. The van der Waals surface area contributed by atoms with E-state index in [1.165, 1.54) is 0 Å². The van der Waals surface area contributed by atoms with Crippen molar-refractivity contribution in [3.63, 3.8) is 0 Å². The van der Waals surface area contributed by atoms with Gasteiger partial charge in [-0.05, 0) is 24.7 Å². The second kappa shape index (κ2) is 5.52. The topological polar surface area (TPSA) is 23.6 Å². The second-order valence-electron chi connectivity index (χ2n) is 4.25. The van der Waals surface area contributed by atoms with Crippen molar-refractivity contribution in [3.8, 4) is 0 Å². The molecule has 1 heterocycles. The first-order valence-corrected chi connectivity index (χ1v) is 6.34. The maximum Gasteiger partial charge on any atom is 0.150 e. The van der Waals surface area contributed by atoms with E-state index in [-0.39, 0.29) is 0 Å². The molecule has 4 heteroatoms. The molecule has 1 aromatic carbocycles. The molecule has 0 N–H and O–H groups in total. The molecule has 0 atom stereocenters. The van der Waals surface area contributed by atoms with Gasteiger partial charge in [0.2, 0.25) is 0 Å². The zero-order valence-electron chi connectivity index (χ0n) is 10.0. The minimum absolute atomic E-state index is 0.631. The summed E-state index contributed by atoms with van der Waals surface area (Å²) in [5.74, 6) is 0. The number of benzene rings is 1. The Morgan fingerprint density at radius 1 is 1.29 bits per heavy atom. The Balaban J connectivity index is 2.10. The van der Waals surface area contributed by atoms with Gasteiger partial charge in [0.05, 0.1) is 10.7 Å². The number of hydrogen-bond acceptors (Lipinski definition) is 3. The van der Waals surface area contributed by atoms with Crippen molar-refractivity contribution in [2.24, 2.45) is 0 Å². The van der Waals surface area contributed by atoms with Gasteiger partial charge in [-0.25, -0.2) is 0 Å². The van der Waals surface area contributed by atoms with Crippen molar-refractivity contribution < 1.29 is 4.79 Å². The first kappa shape index (κ1) is 12.4. The Hall–Kier alpha value is -1.06. The third-order valence-corrected chi connectivity index (χ3v) is 3.57. The number of halogens is 1. The number of likely N-dealkylation sites (N-methyl/N-ethyl adjacent to an activating group) is 1. The van der Waals surface area contributed by atoms with Gasteiger partial charge in [0.1, 0.15) is 6.29 Å². The summed E-state index contributed by atoms with van der Waals surface area (Å²) in [4.78, 5) is 15.4. The van der Waals surface area contributed by atoms with Crippen LogP contribution in [0.2, 0.25) is 5.02 Å². The van der Waals surface area contributed by atoms with Crippen LogP contribution in [0.4, 0.5) is 5.69 Å². The van der Waals surface area contributed by atoms with E-state index in [4.69, 9.17) is 11.6 Å². The summed E-state index contributed by atoms with van der Waals surface area (Å²) in [6, 6.07) is 5.49. The van der Waals surface area contributed by atoms with E-state index in [1.807, 2.05) is 12.1 Å². The molecule has 1 aliphatic heterocycles. The molecule has 0 aliphatic carbocycles. The molecule has 0 saturated carbocycles. The fourth-order valence-corrected chi connectivity index (χ4v) is 2.47. The molecular formula is C13H17ClN2O. The number of rotatable bonds is 3. The van der Waals surface area contributed by atoms with Gasteiger partial charge in [-0.1, -0.05) is 18.5 Å². The van der Waals surface area contributed by atoms with E-state index < -0.39 is 0 Å². The fraction of sp³-hybridized carbons (Fsp3) is 0.462. The van der Waals surface area contributed by atoms with Crippen LogP contribution in [-0.2, 0) is 0 Å². The van der Waals surface area contributed by atoms with Gasteiger partial charge in [-0.2, -0.15) is 0 Å². The lowest BCUT2D eigenvalue weighted by atomic mass is 10.2. The van der Waals surface area contributed by atoms with E-state index >= 15 is 0 Å². The van der Waals surface area contributed by atoms with E-state index in [0.29, 0.717) is 10.6 Å².